The number of aryl methyl sites for hydroxylation is 2. The Kier molecular flexibility index (Phi) is 5.05. The van der Waals surface area contributed by atoms with Crippen molar-refractivity contribution in [3.63, 3.8) is 0 Å². The molecule has 1 fully saturated rings. The zero-order valence-corrected chi connectivity index (χ0v) is 10.9. The lowest BCUT2D eigenvalue weighted by molar-refractivity contribution is 0.0630. The Morgan fingerprint density at radius 2 is 2.18 bits per heavy atom. The van der Waals surface area contributed by atoms with Gasteiger partial charge in [-0.2, -0.15) is 0 Å². The fraction of sp³-hybridized carbons (Fsp3) is 0.786. The van der Waals surface area contributed by atoms with Gasteiger partial charge >= 0.3 is 0 Å². The third-order valence-corrected chi connectivity index (χ3v) is 3.72. The summed E-state index contributed by atoms with van der Waals surface area (Å²) in [7, 11) is 0. The Hall–Kier alpha value is -0.830. The van der Waals surface area contributed by atoms with E-state index in [2.05, 4.69) is 22.7 Å². The van der Waals surface area contributed by atoms with Crippen LogP contribution >= 0.6 is 0 Å². The number of nitrogens with zero attached hydrogens (tertiary/aromatic N) is 2. The third kappa shape index (κ3) is 3.84. The summed E-state index contributed by atoms with van der Waals surface area (Å²) in [5.74, 6) is 2.13. The molecule has 3 nitrogen and oxygen atoms in total. The summed E-state index contributed by atoms with van der Waals surface area (Å²) in [6.45, 7) is 5.26. The van der Waals surface area contributed by atoms with E-state index in [-0.39, 0.29) is 0 Å². The van der Waals surface area contributed by atoms with Crippen molar-refractivity contribution in [3.05, 3.63) is 18.2 Å². The normalized spacial score (nSPS) is 17.5. The van der Waals surface area contributed by atoms with E-state index in [1.165, 1.54) is 37.9 Å². The maximum Gasteiger partial charge on any atom is 0.108 e. The van der Waals surface area contributed by atoms with E-state index in [9.17, 15) is 0 Å². The van der Waals surface area contributed by atoms with E-state index in [0.717, 1.165) is 32.1 Å². The van der Waals surface area contributed by atoms with Gasteiger partial charge in [0.15, 0.2) is 0 Å². The predicted molar refractivity (Wildman–Crippen MR) is 69.0 cm³/mol. The molecule has 0 bridgehead atoms. The van der Waals surface area contributed by atoms with Crippen molar-refractivity contribution in [2.45, 2.75) is 52.0 Å². The fourth-order valence-electron chi connectivity index (χ4n) is 2.61. The van der Waals surface area contributed by atoms with Crippen LogP contribution in [0.5, 0.6) is 0 Å². The highest BCUT2D eigenvalue weighted by Crippen LogP contribution is 2.21. The van der Waals surface area contributed by atoms with Gasteiger partial charge in [-0.15, -0.1) is 0 Å². The van der Waals surface area contributed by atoms with Crippen LogP contribution in [0.15, 0.2) is 12.4 Å². The first kappa shape index (κ1) is 12.6. The van der Waals surface area contributed by atoms with Crippen LogP contribution in [0.25, 0.3) is 0 Å². The molecular weight excluding hydrogens is 212 g/mol. The van der Waals surface area contributed by atoms with E-state index in [1.807, 2.05) is 6.20 Å². The Morgan fingerprint density at radius 3 is 2.94 bits per heavy atom. The third-order valence-electron chi connectivity index (χ3n) is 3.72. The van der Waals surface area contributed by atoms with Crippen molar-refractivity contribution in [2.75, 3.05) is 13.2 Å². The van der Waals surface area contributed by atoms with E-state index in [0.29, 0.717) is 0 Å². The maximum atomic E-state index is 5.38. The molecular formula is C14H24N2O. The fourth-order valence-corrected chi connectivity index (χ4v) is 2.61. The second-order valence-corrected chi connectivity index (χ2v) is 4.94. The highest BCUT2D eigenvalue weighted by Gasteiger charge is 2.12. The summed E-state index contributed by atoms with van der Waals surface area (Å²) in [5, 5.41) is 0. The van der Waals surface area contributed by atoms with Crippen molar-refractivity contribution in [3.8, 4) is 0 Å². The van der Waals surface area contributed by atoms with Gasteiger partial charge in [-0.3, -0.25) is 0 Å². The lowest BCUT2D eigenvalue weighted by Gasteiger charge is -2.21. The van der Waals surface area contributed by atoms with Gasteiger partial charge in [0.05, 0.1) is 0 Å². The molecule has 0 aromatic carbocycles. The van der Waals surface area contributed by atoms with Crippen LogP contribution in [0.4, 0.5) is 0 Å². The number of hydrogen-bond donors (Lipinski definition) is 0. The molecule has 0 unspecified atom stereocenters. The number of unbranched alkanes of at least 4 members (excludes halogenated alkanes) is 1. The van der Waals surface area contributed by atoms with Crippen molar-refractivity contribution in [1.29, 1.82) is 0 Å². The molecule has 0 saturated carbocycles. The number of hydrogen-bond acceptors (Lipinski definition) is 2. The summed E-state index contributed by atoms with van der Waals surface area (Å²) >= 11 is 0. The molecule has 0 aliphatic carbocycles. The van der Waals surface area contributed by atoms with Crippen molar-refractivity contribution < 1.29 is 4.74 Å². The van der Waals surface area contributed by atoms with E-state index >= 15 is 0 Å². The van der Waals surface area contributed by atoms with Crippen molar-refractivity contribution >= 4 is 0 Å². The van der Waals surface area contributed by atoms with Gasteiger partial charge in [0.2, 0.25) is 0 Å². The Morgan fingerprint density at radius 1 is 1.35 bits per heavy atom. The topological polar surface area (TPSA) is 27.1 Å². The van der Waals surface area contributed by atoms with Crippen LogP contribution < -0.4 is 0 Å². The molecule has 0 atom stereocenters. The minimum atomic E-state index is 0.914. The second-order valence-electron chi connectivity index (χ2n) is 4.94. The monoisotopic (exact) mass is 236 g/mol. The predicted octanol–water partition coefficient (Wildman–Crippen LogP) is 3.04. The molecule has 2 rings (SSSR count). The summed E-state index contributed by atoms with van der Waals surface area (Å²) in [6, 6.07) is 0. The Labute approximate surface area is 104 Å². The average molecular weight is 236 g/mol. The SMILES string of the molecule is CCc1nccn1CCCCC1CCOCC1. The lowest BCUT2D eigenvalue weighted by Crippen LogP contribution is -2.15. The van der Waals surface area contributed by atoms with E-state index in [4.69, 9.17) is 4.74 Å². The van der Waals surface area contributed by atoms with Gasteiger partial charge in [0.1, 0.15) is 5.82 Å². The number of aromatic nitrogens is 2. The van der Waals surface area contributed by atoms with Crippen molar-refractivity contribution in [1.82, 2.24) is 9.55 Å². The van der Waals surface area contributed by atoms with Crippen LogP contribution in [0.2, 0.25) is 0 Å². The second kappa shape index (κ2) is 6.80. The number of rotatable bonds is 6. The van der Waals surface area contributed by atoms with Crippen LogP contribution in [0.3, 0.4) is 0 Å². The molecule has 17 heavy (non-hydrogen) atoms. The smallest absolute Gasteiger partial charge is 0.108 e. The summed E-state index contributed by atoms with van der Waals surface area (Å²) in [5.41, 5.74) is 0. The molecule has 1 aliphatic rings. The van der Waals surface area contributed by atoms with Crippen LogP contribution in [-0.2, 0) is 17.7 Å². The van der Waals surface area contributed by atoms with Gasteiger partial charge < -0.3 is 9.30 Å². The highest BCUT2D eigenvalue weighted by molar-refractivity contribution is 4.91. The average Bonchev–Trinajstić information content (AvgIpc) is 2.83. The molecule has 2 heterocycles. The van der Waals surface area contributed by atoms with Crippen molar-refractivity contribution in [2.24, 2.45) is 5.92 Å². The molecule has 1 saturated heterocycles. The minimum Gasteiger partial charge on any atom is -0.381 e. The Bertz CT molecular complexity index is 316. The van der Waals surface area contributed by atoms with E-state index in [1.54, 1.807) is 0 Å². The molecule has 0 amide bonds. The summed E-state index contributed by atoms with van der Waals surface area (Å²) in [6.07, 6.45) is 11.6. The number of ether oxygens (including phenoxy) is 1. The lowest BCUT2D eigenvalue weighted by atomic mass is 9.94. The summed E-state index contributed by atoms with van der Waals surface area (Å²) in [4.78, 5) is 4.35. The largest absolute Gasteiger partial charge is 0.381 e. The van der Waals surface area contributed by atoms with Gasteiger partial charge in [-0.05, 0) is 25.2 Å². The highest BCUT2D eigenvalue weighted by atomic mass is 16.5. The zero-order chi connectivity index (χ0) is 11.9. The quantitative estimate of drug-likeness (QED) is 0.710. The minimum absolute atomic E-state index is 0.914. The molecule has 1 aromatic heterocycles. The summed E-state index contributed by atoms with van der Waals surface area (Å²) < 4.78 is 7.68. The van der Waals surface area contributed by atoms with Gasteiger partial charge in [-0.1, -0.05) is 19.8 Å². The Balaban J connectivity index is 1.62. The molecule has 0 spiro atoms. The molecule has 0 N–H and O–H groups in total. The molecule has 1 aromatic rings. The molecule has 0 radical (unpaired) electrons. The standard InChI is InChI=1S/C14H24N2O/c1-2-14-15-8-10-16(14)9-4-3-5-13-6-11-17-12-7-13/h8,10,13H,2-7,9,11-12H2,1H3. The molecule has 96 valence electrons. The van der Waals surface area contributed by atoms with Crippen LogP contribution in [-0.4, -0.2) is 22.8 Å². The maximum absolute atomic E-state index is 5.38. The first-order chi connectivity index (χ1) is 8.40. The molecule has 3 heteroatoms. The van der Waals surface area contributed by atoms with E-state index < -0.39 is 0 Å². The van der Waals surface area contributed by atoms with Crippen LogP contribution in [0, 0.1) is 5.92 Å². The van der Waals surface area contributed by atoms with Gasteiger partial charge in [-0.25, -0.2) is 4.98 Å². The first-order valence-corrected chi connectivity index (χ1v) is 6.98. The van der Waals surface area contributed by atoms with Crippen LogP contribution in [0.1, 0.15) is 44.9 Å². The number of imidazole rings is 1. The van der Waals surface area contributed by atoms with Gasteiger partial charge in [0.25, 0.3) is 0 Å². The van der Waals surface area contributed by atoms with Gasteiger partial charge in [0, 0.05) is 38.6 Å². The zero-order valence-electron chi connectivity index (χ0n) is 10.9. The first-order valence-electron chi connectivity index (χ1n) is 6.98. The molecule has 1 aliphatic heterocycles.